The highest BCUT2D eigenvalue weighted by Crippen LogP contribution is 2.23. The first kappa shape index (κ1) is 20.1. The number of amides is 2. The van der Waals surface area contributed by atoms with Crippen LogP contribution < -0.4 is 10.6 Å². The van der Waals surface area contributed by atoms with E-state index < -0.39 is 10.0 Å². The first-order valence-corrected chi connectivity index (χ1v) is 10.0. The molecule has 7 nitrogen and oxygen atoms in total. The van der Waals surface area contributed by atoms with Gasteiger partial charge in [0.25, 0.3) is 0 Å². The van der Waals surface area contributed by atoms with Gasteiger partial charge in [0.15, 0.2) is 0 Å². The van der Waals surface area contributed by atoms with E-state index in [1.807, 2.05) is 0 Å². The van der Waals surface area contributed by atoms with Gasteiger partial charge in [-0.25, -0.2) is 8.42 Å². The van der Waals surface area contributed by atoms with Crippen molar-refractivity contribution in [3.63, 3.8) is 0 Å². The Kier molecular flexibility index (Phi) is 6.93. The van der Waals surface area contributed by atoms with E-state index in [2.05, 4.69) is 17.2 Å². The molecule has 1 fully saturated rings. The molecule has 142 valence electrons. The predicted octanol–water partition coefficient (Wildman–Crippen LogP) is 1.03. The van der Waals surface area contributed by atoms with E-state index in [0.717, 1.165) is 5.56 Å². The number of hydrogen-bond acceptors (Lipinski definition) is 4. The molecular weight excluding hydrogens is 354 g/mol. The summed E-state index contributed by atoms with van der Waals surface area (Å²) < 4.78 is 27.0. The molecule has 0 aromatic heterocycles. The summed E-state index contributed by atoms with van der Waals surface area (Å²) in [6.45, 7) is 6.63. The van der Waals surface area contributed by atoms with Gasteiger partial charge in [-0.3, -0.25) is 9.59 Å². The minimum atomic E-state index is -3.53. The molecule has 0 radical (unpaired) electrons. The number of hydrogen-bond donors (Lipinski definition) is 2. The zero-order valence-corrected chi connectivity index (χ0v) is 15.7. The molecule has 1 heterocycles. The first-order valence-electron chi connectivity index (χ1n) is 8.56. The first-order chi connectivity index (χ1) is 12.3. The number of nitrogens with zero attached hydrogens (tertiary/aromatic N) is 1. The van der Waals surface area contributed by atoms with E-state index in [0.29, 0.717) is 39.0 Å². The van der Waals surface area contributed by atoms with Crippen LogP contribution in [0.4, 0.5) is 0 Å². The molecule has 0 atom stereocenters. The smallest absolute Gasteiger partial charge is 0.243 e. The molecule has 1 aromatic carbocycles. The largest absolute Gasteiger partial charge is 0.352 e. The van der Waals surface area contributed by atoms with E-state index in [9.17, 15) is 18.0 Å². The maximum absolute atomic E-state index is 12.8. The third-order valence-corrected chi connectivity index (χ3v) is 6.34. The summed E-state index contributed by atoms with van der Waals surface area (Å²) >= 11 is 0. The number of sulfonamides is 1. The van der Waals surface area contributed by atoms with Crippen LogP contribution in [-0.4, -0.2) is 44.2 Å². The lowest BCUT2D eigenvalue weighted by atomic mass is 9.98. The van der Waals surface area contributed by atoms with Crippen molar-refractivity contribution in [3.05, 3.63) is 42.5 Å². The van der Waals surface area contributed by atoms with E-state index in [1.165, 1.54) is 17.3 Å². The molecule has 8 heteroatoms. The number of nitrogens with one attached hydrogen (secondary N) is 2. The lowest BCUT2D eigenvalue weighted by molar-refractivity contribution is -0.119. The Morgan fingerprint density at radius 1 is 1.19 bits per heavy atom. The van der Waals surface area contributed by atoms with Crippen LogP contribution in [0.25, 0.3) is 0 Å². The topological polar surface area (TPSA) is 95.6 Å². The number of benzene rings is 1. The zero-order chi connectivity index (χ0) is 19.2. The van der Waals surface area contributed by atoms with Crippen LogP contribution in [0.1, 0.15) is 25.3 Å². The minimum absolute atomic E-state index is 0.131. The van der Waals surface area contributed by atoms with Gasteiger partial charge in [-0.1, -0.05) is 18.7 Å². The van der Waals surface area contributed by atoms with Gasteiger partial charge >= 0.3 is 0 Å². The average molecular weight is 379 g/mol. The van der Waals surface area contributed by atoms with E-state index in [4.69, 9.17) is 0 Å². The highest BCUT2D eigenvalue weighted by atomic mass is 32.2. The highest BCUT2D eigenvalue weighted by Gasteiger charge is 2.29. The highest BCUT2D eigenvalue weighted by molar-refractivity contribution is 7.89. The summed E-state index contributed by atoms with van der Waals surface area (Å²) in [4.78, 5) is 22.4. The Morgan fingerprint density at radius 3 is 2.35 bits per heavy atom. The van der Waals surface area contributed by atoms with Crippen molar-refractivity contribution in [2.24, 2.45) is 5.92 Å². The fraction of sp³-hybridized carbons (Fsp3) is 0.444. The molecule has 26 heavy (non-hydrogen) atoms. The fourth-order valence-corrected chi connectivity index (χ4v) is 4.30. The predicted molar refractivity (Wildman–Crippen MR) is 98.7 cm³/mol. The molecule has 1 aliphatic heterocycles. The van der Waals surface area contributed by atoms with Crippen molar-refractivity contribution in [2.45, 2.75) is 31.2 Å². The third kappa shape index (κ3) is 5.40. The molecular formula is C18H25N3O4S. The summed E-state index contributed by atoms with van der Waals surface area (Å²) in [7, 11) is -3.53. The number of piperidine rings is 1. The molecule has 1 saturated heterocycles. The van der Waals surface area contributed by atoms with Crippen molar-refractivity contribution in [1.29, 1.82) is 0 Å². The Labute approximate surface area is 154 Å². The van der Waals surface area contributed by atoms with Crippen LogP contribution in [0.2, 0.25) is 0 Å². The van der Waals surface area contributed by atoms with Gasteiger partial charge in [-0.15, -0.1) is 0 Å². The van der Waals surface area contributed by atoms with Crippen LogP contribution in [0, 0.1) is 5.92 Å². The summed E-state index contributed by atoms with van der Waals surface area (Å²) in [5.41, 5.74) is 0.843. The van der Waals surface area contributed by atoms with Gasteiger partial charge in [-0.2, -0.15) is 4.31 Å². The average Bonchev–Trinajstić information content (AvgIpc) is 2.65. The summed E-state index contributed by atoms with van der Waals surface area (Å²) in [5, 5.41) is 5.44. The lowest BCUT2D eigenvalue weighted by Crippen LogP contribution is -2.41. The second kappa shape index (κ2) is 8.95. The van der Waals surface area contributed by atoms with Crippen LogP contribution in [0.5, 0.6) is 0 Å². The number of carbonyl (C=O) groups is 2. The van der Waals surface area contributed by atoms with Gasteiger partial charge in [0.1, 0.15) is 0 Å². The van der Waals surface area contributed by atoms with Crippen molar-refractivity contribution in [1.82, 2.24) is 14.9 Å². The fourth-order valence-electron chi connectivity index (χ4n) is 2.83. The van der Waals surface area contributed by atoms with Crippen LogP contribution >= 0.6 is 0 Å². The summed E-state index contributed by atoms with van der Waals surface area (Å²) in [6.07, 6.45) is 2.64. The van der Waals surface area contributed by atoms with E-state index >= 15 is 0 Å². The van der Waals surface area contributed by atoms with Crippen molar-refractivity contribution in [2.75, 3.05) is 19.6 Å². The van der Waals surface area contributed by atoms with E-state index in [1.54, 1.807) is 24.3 Å². The summed E-state index contributed by atoms with van der Waals surface area (Å²) in [5.74, 6) is -0.0707. The number of carbonyl (C=O) groups excluding carboxylic acids is 2. The SMILES string of the molecule is C=CC(=O)NCC1CCN(S(=O)(=O)c2ccc(CNC(C)=O)cc2)CC1. The molecule has 0 aliphatic carbocycles. The third-order valence-electron chi connectivity index (χ3n) is 4.43. The van der Waals surface area contributed by atoms with Crippen molar-refractivity contribution in [3.8, 4) is 0 Å². The molecule has 1 aliphatic rings. The van der Waals surface area contributed by atoms with Crippen LogP contribution in [0.3, 0.4) is 0 Å². The molecule has 0 unspecified atom stereocenters. The van der Waals surface area contributed by atoms with Crippen LogP contribution in [-0.2, 0) is 26.2 Å². The van der Waals surface area contributed by atoms with Gasteiger partial charge in [0.2, 0.25) is 21.8 Å². The van der Waals surface area contributed by atoms with Crippen LogP contribution in [0.15, 0.2) is 41.8 Å². The maximum atomic E-state index is 12.8. The van der Waals surface area contributed by atoms with Gasteiger partial charge in [0.05, 0.1) is 4.90 Å². The molecule has 2 amide bonds. The van der Waals surface area contributed by atoms with Crippen molar-refractivity contribution < 1.29 is 18.0 Å². The molecule has 0 spiro atoms. The van der Waals surface area contributed by atoms with Gasteiger partial charge < -0.3 is 10.6 Å². The van der Waals surface area contributed by atoms with Gasteiger partial charge in [0, 0.05) is 33.1 Å². The quantitative estimate of drug-likeness (QED) is 0.692. The van der Waals surface area contributed by atoms with Crippen molar-refractivity contribution >= 4 is 21.8 Å². The second-order valence-corrected chi connectivity index (χ2v) is 8.29. The second-order valence-electron chi connectivity index (χ2n) is 6.35. The normalized spacial score (nSPS) is 16.0. The Balaban J connectivity index is 1.93. The Morgan fingerprint density at radius 2 is 1.81 bits per heavy atom. The van der Waals surface area contributed by atoms with E-state index in [-0.39, 0.29) is 22.6 Å². The zero-order valence-electron chi connectivity index (χ0n) is 14.9. The minimum Gasteiger partial charge on any atom is -0.352 e. The molecule has 0 bridgehead atoms. The summed E-state index contributed by atoms with van der Waals surface area (Å²) in [6, 6.07) is 6.56. The molecule has 2 N–H and O–H groups in total. The monoisotopic (exact) mass is 379 g/mol. The molecule has 0 saturated carbocycles. The standard InChI is InChI=1S/C18H25N3O4S/c1-3-18(23)20-13-16-8-10-21(11-9-16)26(24,25)17-6-4-15(5-7-17)12-19-14(2)22/h3-7,16H,1,8-13H2,2H3,(H,19,22)(H,20,23). The molecule has 1 aromatic rings. The maximum Gasteiger partial charge on any atom is 0.243 e. The lowest BCUT2D eigenvalue weighted by Gasteiger charge is -2.31. The van der Waals surface area contributed by atoms with Gasteiger partial charge in [-0.05, 0) is 42.5 Å². The Hall–Kier alpha value is -2.19. The molecule has 2 rings (SSSR count). The number of rotatable bonds is 7. The Bertz CT molecular complexity index is 751.